The number of benzene rings is 1. The zero-order chi connectivity index (χ0) is 23.7. The number of hydrogen-bond acceptors (Lipinski definition) is 4. The molecule has 4 heterocycles. The predicted octanol–water partition coefficient (Wildman–Crippen LogP) is 6.44. The summed E-state index contributed by atoms with van der Waals surface area (Å²) in [7, 11) is 0. The molecule has 5 rings (SSSR count). The summed E-state index contributed by atoms with van der Waals surface area (Å²) in [5.41, 5.74) is 7.66. The van der Waals surface area contributed by atoms with Gasteiger partial charge in [0.25, 0.3) is 0 Å². The van der Waals surface area contributed by atoms with E-state index in [1.165, 1.54) is 72.1 Å². The van der Waals surface area contributed by atoms with E-state index in [1.807, 2.05) is 0 Å². The maximum atomic E-state index is 5.57. The lowest BCUT2D eigenvalue weighted by atomic mass is 9.86. The number of ether oxygens (including phenoxy) is 1. The molecule has 5 nitrogen and oxygen atoms in total. The smallest absolute Gasteiger partial charge is 0.158 e. The van der Waals surface area contributed by atoms with Crippen molar-refractivity contribution >= 4 is 28.7 Å². The van der Waals surface area contributed by atoms with E-state index in [0.717, 1.165) is 30.7 Å². The van der Waals surface area contributed by atoms with Crippen LogP contribution in [0.25, 0.3) is 16.5 Å². The second-order valence-corrected chi connectivity index (χ2v) is 10.3. The molecule has 3 aliphatic heterocycles. The summed E-state index contributed by atoms with van der Waals surface area (Å²) < 4.78 is 5.57. The van der Waals surface area contributed by atoms with Gasteiger partial charge in [-0.1, -0.05) is 26.0 Å². The van der Waals surface area contributed by atoms with Crippen LogP contribution in [0.1, 0.15) is 82.0 Å². The van der Waals surface area contributed by atoms with Gasteiger partial charge in [0.1, 0.15) is 6.34 Å². The minimum absolute atomic E-state index is 0.428. The predicted molar refractivity (Wildman–Crippen MR) is 143 cm³/mol. The molecule has 0 amide bonds. The number of amidine groups is 1. The van der Waals surface area contributed by atoms with Gasteiger partial charge in [0, 0.05) is 35.9 Å². The number of aromatic nitrogens is 1. The standard InChI is InChI=1S/C29H38N4O/c1-5-21(16-20(4)29-30-18-31-29)28-27(19(2)3)25-17-23(6-7-26(25)32-28)22-8-12-33(13-9-22)24-10-14-34-15-11-24/h5-7,16-19,22,24,32H,8-15H2,1-4H3/b20-16-,21-5+. The van der Waals surface area contributed by atoms with Crippen LogP contribution in [0, 0.1) is 0 Å². The molecule has 1 aromatic carbocycles. The van der Waals surface area contributed by atoms with E-state index in [4.69, 9.17) is 4.74 Å². The molecular formula is C29H38N4O. The number of nitrogens with one attached hydrogen (secondary N) is 1. The van der Waals surface area contributed by atoms with Crippen molar-refractivity contribution < 1.29 is 4.74 Å². The van der Waals surface area contributed by atoms with E-state index >= 15 is 0 Å². The van der Waals surface area contributed by atoms with Crippen molar-refractivity contribution in [3.05, 3.63) is 52.7 Å². The topological polar surface area (TPSA) is 53.0 Å². The van der Waals surface area contributed by atoms with Gasteiger partial charge in [-0.2, -0.15) is 0 Å². The quantitative estimate of drug-likeness (QED) is 0.507. The van der Waals surface area contributed by atoms with Gasteiger partial charge in [-0.3, -0.25) is 0 Å². The molecule has 3 aliphatic rings. The first kappa shape index (κ1) is 23.3. The van der Waals surface area contributed by atoms with Gasteiger partial charge in [0.2, 0.25) is 0 Å². The molecule has 1 N–H and O–H groups in total. The van der Waals surface area contributed by atoms with E-state index in [9.17, 15) is 0 Å². The Hall–Kier alpha value is -2.50. The monoisotopic (exact) mass is 458 g/mol. The Bertz CT molecular complexity index is 1150. The molecule has 0 radical (unpaired) electrons. The van der Waals surface area contributed by atoms with Crippen LogP contribution in [0.3, 0.4) is 0 Å². The Morgan fingerprint density at radius 3 is 2.50 bits per heavy atom. The van der Waals surface area contributed by atoms with Crippen LogP contribution in [-0.2, 0) is 4.74 Å². The van der Waals surface area contributed by atoms with Crippen molar-refractivity contribution in [1.29, 1.82) is 0 Å². The van der Waals surface area contributed by atoms with Crippen molar-refractivity contribution in [1.82, 2.24) is 9.88 Å². The zero-order valence-electron chi connectivity index (χ0n) is 21.1. The third-order valence-electron chi connectivity index (χ3n) is 7.83. The second-order valence-electron chi connectivity index (χ2n) is 10.3. The Labute approximate surface area is 203 Å². The zero-order valence-corrected chi connectivity index (χ0v) is 21.1. The summed E-state index contributed by atoms with van der Waals surface area (Å²) >= 11 is 0. The normalized spacial score (nSPS) is 21.4. The van der Waals surface area contributed by atoms with Crippen LogP contribution < -0.4 is 0 Å². The summed E-state index contributed by atoms with van der Waals surface area (Å²) in [6.45, 7) is 13.1. The Morgan fingerprint density at radius 2 is 1.88 bits per heavy atom. The van der Waals surface area contributed by atoms with Crippen LogP contribution in [-0.4, -0.2) is 54.4 Å². The Kier molecular flexibility index (Phi) is 6.84. The fourth-order valence-corrected chi connectivity index (χ4v) is 5.88. The lowest BCUT2D eigenvalue weighted by molar-refractivity contribution is 0.0252. The van der Waals surface area contributed by atoms with E-state index in [-0.39, 0.29) is 0 Å². The molecule has 0 bridgehead atoms. The van der Waals surface area contributed by atoms with Gasteiger partial charge in [0.15, 0.2) is 5.84 Å². The van der Waals surface area contributed by atoms with Crippen LogP contribution in [0.5, 0.6) is 0 Å². The van der Waals surface area contributed by atoms with Gasteiger partial charge in [-0.15, -0.1) is 0 Å². The van der Waals surface area contributed by atoms with Crippen LogP contribution in [0.15, 0.2) is 45.9 Å². The number of rotatable bonds is 6. The van der Waals surface area contributed by atoms with E-state index in [0.29, 0.717) is 11.8 Å². The number of nitrogens with zero attached hydrogens (tertiary/aromatic N) is 3. The molecule has 1 aromatic heterocycles. The Balaban J connectivity index is 1.40. The van der Waals surface area contributed by atoms with Crippen molar-refractivity contribution in [2.75, 3.05) is 26.3 Å². The van der Waals surface area contributed by atoms with Gasteiger partial charge in [-0.05, 0) is 105 Å². The molecule has 5 heteroatoms. The average molecular weight is 459 g/mol. The number of piperidine rings is 1. The van der Waals surface area contributed by atoms with Crippen LogP contribution in [0.2, 0.25) is 0 Å². The molecule has 2 saturated heterocycles. The Morgan fingerprint density at radius 1 is 1.15 bits per heavy atom. The van der Waals surface area contributed by atoms with E-state index < -0.39 is 0 Å². The van der Waals surface area contributed by atoms with Gasteiger partial charge >= 0.3 is 0 Å². The highest BCUT2D eigenvalue weighted by Crippen LogP contribution is 2.38. The highest BCUT2D eigenvalue weighted by molar-refractivity contribution is 6.12. The fraction of sp³-hybridized carbons (Fsp3) is 0.517. The number of aliphatic imine (C=N–C) groups is 2. The maximum absolute atomic E-state index is 5.57. The van der Waals surface area contributed by atoms with Crippen molar-refractivity contribution in [2.45, 2.75) is 71.3 Å². The third kappa shape index (κ3) is 4.56. The molecule has 0 aliphatic carbocycles. The second kappa shape index (κ2) is 10.0. The van der Waals surface area contributed by atoms with Crippen molar-refractivity contribution in [3.63, 3.8) is 0 Å². The molecule has 34 heavy (non-hydrogen) atoms. The first-order chi connectivity index (χ1) is 16.5. The molecular weight excluding hydrogens is 420 g/mol. The molecule has 0 spiro atoms. The minimum Gasteiger partial charge on any atom is -0.381 e. The van der Waals surface area contributed by atoms with E-state index in [2.05, 4.69) is 77.9 Å². The largest absolute Gasteiger partial charge is 0.381 e. The molecule has 2 fully saturated rings. The molecule has 180 valence electrons. The summed E-state index contributed by atoms with van der Waals surface area (Å²) in [5, 5.41) is 1.37. The number of H-pyrrole nitrogens is 1. The summed E-state index contributed by atoms with van der Waals surface area (Å²) in [6.07, 6.45) is 10.9. The number of fused-ring (bicyclic) bond motifs is 1. The average Bonchev–Trinajstić information content (AvgIpc) is 3.21. The lowest BCUT2D eigenvalue weighted by Gasteiger charge is -2.39. The SMILES string of the molecule is C/C=C(\C=C(\C)C1=NC=N1)c1[nH]c2ccc(C3CCN(C4CCOCC4)CC3)cc2c1C(C)C. The first-order valence-corrected chi connectivity index (χ1v) is 13.0. The summed E-state index contributed by atoms with van der Waals surface area (Å²) in [5.74, 6) is 1.91. The third-order valence-corrected chi connectivity index (χ3v) is 7.83. The maximum Gasteiger partial charge on any atom is 0.158 e. The summed E-state index contributed by atoms with van der Waals surface area (Å²) in [6, 6.07) is 7.86. The highest BCUT2D eigenvalue weighted by atomic mass is 16.5. The fourth-order valence-electron chi connectivity index (χ4n) is 5.88. The number of likely N-dealkylation sites (tertiary alicyclic amines) is 1. The number of allylic oxidation sites excluding steroid dienone is 3. The van der Waals surface area contributed by atoms with E-state index in [1.54, 1.807) is 6.34 Å². The van der Waals surface area contributed by atoms with Gasteiger partial charge in [-0.25, -0.2) is 9.98 Å². The van der Waals surface area contributed by atoms with Crippen molar-refractivity contribution in [3.8, 4) is 0 Å². The highest BCUT2D eigenvalue weighted by Gasteiger charge is 2.27. The molecule has 0 saturated carbocycles. The first-order valence-electron chi connectivity index (χ1n) is 13.0. The van der Waals surface area contributed by atoms with Gasteiger partial charge in [0.05, 0.1) is 0 Å². The lowest BCUT2D eigenvalue weighted by Crippen LogP contribution is -2.43. The summed E-state index contributed by atoms with van der Waals surface area (Å²) in [4.78, 5) is 15.0. The molecule has 0 unspecified atom stereocenters. The number of aromatic amines is 1. The van der Waals surface area contributed by atoms with Crippen molar-refractivity contribution in [2.24, 2.45) is 9.98 Å². The van der Waals surface area contributed by atoms with Gasteiger partial charge < -0.3 is 14.6 Å². The number of hydrogen-bond donors (Lipinski definition) is 1. The molecule has 0 atom stereocenters. The van der Waals surface area contributed by atoms with Crippen LogP contribution >= 0.6 is 0 Å². The van der Waals surface area contributed by atoms with Crippen LogP contribution in [0.4, 0.5) is 0 Å². The minimum atomic E-state index is 0.428. The molecule has 2 aromatic rings.